The fourth-order valence-electron chi connectivity index (χ4n) is 6.23. The number of hydrogen-bond acceptors (Lipinski definition) is 8. The number of pyridine rings is 3. The van der Waals surface area contributed by atoms with Gasteiger partial charge in [0.15, 0.2) is 17.3 Å². The summed E-state index contributed by atoms with van der Waals surface area (Å²) in [7, 11) is 7.31. The van der Waals surface area contributed by atoms with Gasteiger partial charge in [-0.1, -0.05) is 0 Å². The molecule has 4 aromatic rings. The molecule has 12 heteroatoms. The Morgan fingerprint density at radius 1 is 1.14 bits per heavy atom. The lowest BCUT2D eigenvalue weighted by atomic mass is 9.95. The number of carbonyl (C=O) groups is 1. The topological polar surface area (TPSA) is 116 Å². The van der Waals surface area contributed by atoms with E-state index in [1.807, 2.05) is 14.1 Å². The highest BCUT2D eigenvalue weighted by atomic mass is 19.2. The minimum atomic E-state index is -1.35. The van der Waals surface area contributed by atoms with Crippen LogP contribution in [0.15, 0.2) is 35.5 Å². The molecule has 1 fully saturated rings. The highest BCUT2D eigenvalue weighted by Gasteiger charge is 2.35. The average Bonchev–Trinajstić information content (AvgIpc) is 3.38. The number of benzene rings is 1. The molecule has 1 aliphatic heterocycles. The number of fused-ring (bicyclic) bond motifs is 4. The standard InChI is InChI=1S/C30H31F2N7O3/c1-33-22-10-21(31)26(32)24-17(22)9-23-25(24)27(38-7-5-6-16(13-38)37(3)4)19(12-35-23)15-8-18-28(40)20(30(41)42)14-39(34-2)29(18)36-11-15/h8,10-12,14,16,33-34H,5-7,9,13H2,1-4H3,(H,41,42). The molecule has 42 heavy (non-hydrogen) atoms. The summed E-state index contributed by atoms with van der Waals surface area (Å²) in [6.07, 6.45) is 6.70. The lowest BCUT2D eigenvalue weighted by Crippen LogP contribution is -2.45. The molecular weight excluding hydrogens is 544 g/mol. The summed E-state index contributed by atoms with van der Waals surface area (Å²) in [6.45, 7) is 1.34. The van der Waals surface area contributed by atoms with Crippen LogP contribution in [-0.2, 0) is 6.42 Å². The molecule has 6 rings (SSSR count). The Labute approximate surface area is 240 Å². The fourth-order valence-corrected chi connectivity index (χ4v) is 6.23. The summed E-state index contributed by atoms with van der Waals surface area (Å²) in [6, 6.07) is 3.00. The molecule has 1 saturated heterocycles. The number of nitrogens with one attached hydrogen (secondary N) is 2. The molecule has 1 atom stereocenters. The van der Waals surface area contributed by atoms with Crippen molar-refractivity contribution in [3.8, 4) is 22.3 Å². The van der Waals surface area contributed by atoms with E-state index in [0.29, 0.717) is 58.8 Å². The van der Waals surface area contributed by atoms with Gasteiger partial charge in [-0.2, -0.15) is 0 Å². The molecule has 4 heterocycles. The molecule has 0 radical (unpaired) electrons. The van der Waals surface area contributed by atoms with Crippen molar-refractivity contribution in [2.45, 2.75) is 25.3 Å². The lowest BCUT2D eigenvalue weighted by molar-refractivity contribution is 0.0695. The van der Waals surface area contributed by atoms with Crippen molar-refractivity contribution < 1.29 is 18.7 Å². The number of halogens is 2. The maximum absolute atomic E-state index is 15.7. The molecular formula is C30H31F2N7O3. The first-order valence-electron chi connectivity index (χ1n) is 13.7. The van der Waals surface area contributed by atoms with Crippen molar-refractivity contribution in [1.29, 1.82) is 0 Å². The van der Waals surface area contributed by atoms with E-state index >= 15 is 4.39 Å². The zero-order valence-corrected chi connectivity index (χ0v) is 23.8. The van der Waals surface area contributed by atoms with Gasteiger partial charge in [0.05, 0.1) is 16.8 Å². The summed E-state index contributed by atoms with van der Waals surface area (Å²) < 4.78 is 32.0. The summed E-state index contributed by atoms with van der Waals surface area (Å²) in [4.78, 5) is 38.7. The number of aromatic carboxylic acids is 1. The predicted octanol–water partition coefficient (Wildman–Crippen LogP) is 3.75. The van der Waals surface area contributed by atoms with Crippen molar-refractivity contribution in [2.24, 2.45) is 0 Å². The molecule has 0 saturated carbocycles. The zero-order chi connectivity index (χ0) is 29.9. The maximum atomic E-state index is 15.7. The van der Waals surface area contributed by atoms with E-state index < -0.39 is 28.6 Å². The van der Waals surface area contributed by atoms with Gasteiger partial charge in [-0.3, -0.25) is 9.78 Å². The van der Waals surface area contributed by atoms with Crippen LogP contribution in [0.25, 0.3) is 33.3 Å². The van der Waals surface area contributed by atoms with Crippen LogP contribution in [0.1, 0.15) is 34.5 Å². The molecule has 2 aliphatic rings. The van der Waals surface area contributed by atoms with Crippen molar-refractivity contribution >= 4 is 28.4 Å². The number of carboxylic acids is 1. The quantitative estimate of drug-likeness (QED) is 0.278. The van der Waals surface area contributed by atoms with Crippen LogP contribution in [0.4, 0.5) is 20.2 Å². The number of piperidine rings is 1. The van der Waals surface area contributed by atoms with Crippen LogP contribution in [0.5, 0.6) is 0 Å². The van der Waals surface area contributed by atoms with E-state index in [0.717, 1.165) is 12.8 Å². The molecule has 1 unspecified atom stereocenters. The molecule has 1 aliphatic carbocycles. The smallest absolute Gasteiger partial charge is 0.341 e. The minimum Gasteiger partial charge on any atom is -0.477 e. The number of nitrogens with zero attached hydrogens (tertiary/aromatic N) is 5. The highest BCUT2D eigenvalue weighted by Crippen LogP contribution is 2.50. The second-order valence-corrected chi connectivity index (χ2v) is 10.9. The SMILES string of the molecule is CNc1cc(F)c(F)c2c1Cc1ncc(-c3cnc4c(c3)c(=O)c(C(=O)O)cn4NC)c(N3CCCC(N(C)C)C3)c1-2. The highest BCUT2D eigenvalue weighted by molar-refractivity contribution is 5.98. The second-order valence-electron chi connectivity index (χ2n) is 10.9. The first-order chi connectivity index (χ1) is 20.1. The average molecular weight is 576 g/mol. The Morgan fingerprint density at radius 2 is 1.93 bits per heavy atom. The number of anilines is 2. The predicted molar refractivity (Wildman–Crippen MR) is 158 cm³/mol. The van der Waals surface area contributed by atoms with Gasteiger partial charge in [0.25, 0.3) is 0 Å². The van der Waals surface area contributed by atoms with E-state index in [1.54, 1.807) is 32.6 Å². The third-order valence-electron chi connectivity index (χ3n) is 8.39. The molecule has 0 bridgehead atoms. The summed E-state index contributed by atoms with van der Waals surface area (Å²) in [5.41, 5.74) is 6.32. The summed E-state index contributed by atoms with van der Waals surface area (Å²) >= 11 is 0. The number of likely N-dealkylation sites (N-methyl/N-ethyl adjacent to an activating group) is 1. The van der Waals surface area contributed by atoms with E-state index in [4.69, 9.17) is 4.98 Å². The second kappa shape index (κ2) is 10.4. The van der Waals surface area contributed by atoms with Gasteiger partial charge in [-0.05, 0) is 38.6 Å². The zero-order valence-electron chi connectivity index (χ0n) is 23.8. The Bertz CT molecular complexity index is 1820. The van der Waals surface area contributed by atoms with Crippen molar-refractivity contribution in [3.63, 3.8) is 0 Å². The Morgan fingerprint density at radius 3 is 2.62 bits per heavy atom. The number of aromatic nitrogens is 3. The fraction of sp³-hybridized carbons (Fsp3) is 0.333. The molecule has 0 spiro atoms. The molecule has 218 valence electrons. The van der Waals surface area contributed by atoms with Crippen molar-refractivity contribution in [3.05, 3.63) is 69.4 Å². The van der Waals surface area contributed by atoms with E-state index in [1.165, 1.54) is 16.9 Å². The Balaban J connectivity index is 1.65. The van der Waals surface area contributed by atoms with Crippen LogP contribution >= 0.6 is 0 Å². The van der Waals surface area contributed by atoms with Gasteiger partial charge in [-0.25, -0.2) is 23.2 Å². The van der Waals surface area contributed by atoms with E-state index in [2.05, 4.69) is 25.5 Å². The van der Waals surface area contributed by atoms with Crippen LogP contribution in [0.2, 0.25) is 0 Å². The van der Waals surface area contributed by atoms with Crippen LogP contribution < -0.4 is 21.1 Å². The first-order valence-corrected chi connectivity index (χ1v) is 13.7. The lowest BCUT2D eigenvalue weighted by Gasteiger charge is -2.39. The molecule has 3 aromatic heterocycles. The van der Waals surface area contributed by atoms with Crippen LogP contribution in [0, 0.1) is 11.6 Å². The van der Waals surface area contributed by atoms with Crippen LogP contribution in [-0.4, -0.2) is 77.9 Å². The normalized spacial score (nSPS) is 16.1. The number of carboxylic acid groups (broad SMARTS) is 1. The molecule has 10 nitrogen and oxygen atoms in total. The Kier molecular flexibility index (Phi) is 6.80. The molecule has 3 N–H and O–H groups in total. The van der Waals surface area contributed by atoms with E-state index in [9.17, 15) is 19.1 Å². The third-order valence-corrected chi connectivity index (χ3v) is 8.39. The number of hydrogen-bond donors (Lipinski definition) is 3. The third kappa shape index (κ3) is 4.25. The van der Waals surface area contributed by atoms with Crippen molar-refractivity contribution in [2.75, 3.05) is 56.9 Å². The van der Waals surface area contributed by atoms with Gasteiger partial charge >= 0.3 is 5.97 Å². The summed E-state index contributed by atoms with van der Waals surface area (Å²) in [5, 5.41) is 12.7. The maximum Gasteiger partial charge on any atom is 0.341 e. The van der Waals surface area contributed by atoms with Gasteiger partial charge in [0.2, 0.25) is 5.43 Å². The molecule has 1 aromatic carbocycles. The Hall–Kier alpha value is -4.58. The van der Waals surface area contributed by atoms with E-state index in [-0.39, 0.29) is 22.6 Å². The number of rotatable bonds is 6. The molecule has 0 amide bonds. The monoisotopic (exact) mass is 575 g/mol. The van der Waals surface area contributed by atoms with Crippen LogP contribution in [0.3, 0.4) is 0 Å². The van der Waals surface area contributed by atoms with Gasteiger partial charge in [-0.15, -0.1) is 0 Å². The summed E-state index contributed by atoms with van der Waals surface area (Å²) in [5.74, 6) is -3.23. The largest absolute Gasteiger partial charge is 0.477 e. The van der Waals surface area contributed by atoms with Gasteiger partial charge in [0.1, 0.15) is 5.56 Å². The van der Waals surface area contributed by atoms with Crippen molar-refractivity contribution in [1.82, 2.24) is 19.5 Å². The van der Waals surface area contributed by atoms with Gasteiger partial charge in [0, 0.05) is 92.2 Å². The minimum absolute atomic E-state index is 0.105. The first kappa shape index (κ1) is 27.6. The van der Waals surface area contributed by atoms with Gasteiger partial charge < -0.3 is 25.6 Å².